The van der Waals surface area contributed by atoms with Crippen molar-refractivity contribution in [2.45, 2.75) is 32.6 Å². The molecule has 2 atom stereocenters. The lowest BCUT2D eigenvalue weighted by Crippen LogP contribution is -2.41. The summed E-state index contributed by atoms with van der Waals surface area (Å²) in [5, 5.41) is 0. The number of nitrogens with zero attached hydrogens (tertiary/aromatic N) is 1. The Bertz CT molecular complexity index is 192. The maximum absolute atomic E-state index is 10.7. The Balaban J connectivity index is 2.12. The van der Waals surface area contributed by atoms with Crippen LogP contribution >= 0.6 is 0 Å². The van der Waals surface area contributed by atoms with Gasteiger partial charge in [0.2, 0.25) is 6.41 Å². The number of hydrogen-bond donors (Lipinski definition) is 0. The summed E-state index contributed by atoms with van der Waals surface area (Å²) in [4.78, 5) is 12.6. The molecule has 1 heterocycles. The minimum Gasteiger partial charge on any atom is -0.344 e. The fourth-order valence-electron chi connectivity index (χ4n) is 2.97. The molecule has 1 saturated carbocycles. The van der Waals surface area contributed by atoms with Crippen molar-refractivity contribution < 1.29 is 4.79 Å². The normalized spacial score (nSPS) is 40.1. The topological polar surface area (TPSA) is 20.3 Å². The van der Waals surface area contributed by atoms with Gasteiger partial charge in [0.1, 0.15) is 0 Å². The van der Waals surface area contributed by atoms with Crippen LogP contribution in [-0.4, -0.2) is 24.4 Å². The van der Waals surface area contributed by atoms with Gasteiger partial charge < -0.3 is 4.90 Å². The first-order chi connectivity index (χ1) is 5.78. The Hall–Kier alpha value is -0.530. The number of carbonyl (C=O) groups is 1. The number of amides is 1. The quantitative estimate of drug-likeness (QED) is 0.573. The molecule has 1 amide bonds. The number of hydrogen-bond acceptors (Lipinski definition) is 1. The van der Waals surface area contributed by atoms with E-state index in [1.54, 1.807) is 0 Å². The Morgan fingerprint density at radius 1 is 1.67 bits per heavy atom. The number of fused-ring (bicyclic) bond motifs is 2. The van der Waals surface area contributed by atoms with Crippen molar-refractivity contribution in [3.05, 3.63) is 0 Å². The summed E-state index contributed by atoms with van der Waals surface area (Å²) in [7, 11) is 0. The van der Waals surface area contributed by atoms with Gasteiger partial charge in [-0.2, -0.15) is 0 Å². The predicted octanol–water partition coefficient (Wildman–Crippen LogP) is 1.65. The zero-order chi connectivity index (χ0) is 8.60. The van der Waals surface area contributed by atoms with Crippen LogP contribution in [0.3, 0.4) is 0 Å². The predicted molar refractivity (Wildman–Crippen MR) is 47.7 cm³/mol. The molecule has 0 aromatic heterocycles. The molecule has 2 aliphatic rings. The van der Waals surface area contributed by atoms with Crippen LogP contribution in [0.5, 0.6) is 0 Å². The Morgan fingerprint density at radius 3 is 3.17 bits per heavy atom. The smallest absolute Gasteiger partial charge is 0.209 e. The highest BCUT2D eigenvalue weighted by Gasteiger charge is 2.43. The number of likely N-dealkylation sites (tertiary alicyclic amines) is 1. The number of carbonyl (C=O) groups excluding carboxylic acids is 1. The van der Waals surface area contributed by atoms with Crippen LogP contribution in [0.25, 0.3) is 0 Å². The second-order valence-corrected chi connectivity index (χ2v) is 4.50. The molecule has 1 saturated heterocycles. The average molecular weight is 167 g/mol. The monoisotopic (exact) mass is 167 g/mol. The van der Waals surface area contributed by atoms with Crippen molar-refractivity contribution in [1.82, 2.24) is 4.90 Å². The summed E-state index contributed by atoms with van der Waals surface area (Å²) >= 11 is 0. The molecule has 2 rings (SSSR count). The van der Waals surface area contributed by atoms with Crippen molar-refractivity contribution in [3.63, 3.8) is 0 Å². The standard InChI is InChI=1S/C10H17NO/c1-2-10-4-3-9(5-10)6-11(7-10)8-12/h8-9H,2-7H2,1H3. The molecule has 2 heteroatoms. The van der Waals surface area contributed by atoms with Crippen LogP contribution in [0, 0.1) is 11.3 Å². The Kier molecular flexibility index (Phi) is 1.85. The summed E-state index contributed by atoms with van der Waals surface area (Å²) in [5.41, 5.74) is 0.504. The fraction of sp³-hybridized carbons (Fsp3) is 0.900. The van der Waals surface area contributed by atoms with E-state index in [0.29, 0.717) is 5.41 Å². The third-order valence-corrected chi connectivity index (χ3v) is 3.73. The first-order valence-corrected chi connectivity index (χ1v) is 4.97. The minimum absolute atomic E-state index is 0.504. The summed E-state index contributed by atoms with van der Waals surface area (Å²) in [6.07, 6.45) is 6.33. The lowest BCUT2D eigenvalue weighted by atomic mass is 9.80. The van der Waals surface area contributed by atoms with E-state index < -0.39 is 0 Å². The second-order valence-electron chi connectivity index (χ2n) is 4.50. The Morgan fingerprint density at radius 2 is 2.50 bits per heavy atom. The van der Waals surface area contributed by atoms with E-state index in [9.17, 15) is 4.79 Å². The van der Waals surface area contributed by atoms with Gasteiger partial charge in [0.25, 0.3) is 0 Å². The van der Waals surface area contributed by atoms with Gasteiger partial charge in [0.15, 0.2) is 0 Å². The highest BCUT2D eigenvalue weighted by atomic mass is 16.1. The molecule has 2 unspecified atom stereocenters. The molecule has 0 aromatic rings. The number of rotatable bonds is 2. The van der Waals surface area contributed by atoms with Gasteiger partial charge in [-0.15, -0.1) is 0 Å². The maximum atomic E-state index is 10.7. The van der Waals surface area contributed by atoms with E-state index in [4.69, 9.17) is 0 Å². The molecule has 0 N–H and O–H groups in total. The average Bonchev–Trinajstić information content (AvgIpc) is 2.43. The van der Waals surface area contributed by atoms with Crippen LogP contribution in [0.2, 0.25) is 0 Å². The van der Waals surface area contributed by atoms with Gasteiger partial charge in [-0.3, -0.25) is 4.79 Å². The van der Waals surface area contributed by atoms with Crippen molar-refractivity contribution in [2.24, 2.45) is 11.3 Å². The first kappa shape index (κ1) is 8.09. The van der Waals surface area contributed by atoms with E-state index in [1.165, 1.54) is 25.7 Å². The van der Waals surface area contributed by atoms with Gasteiger partial charge in [-0.25, -0.2) is 0 Å². The molecule has 1 aliphatic carbocycles. The zero-order valence-corrected chi connectivity index (χ0v) is 7.75. The van der Waals surface area contributed by atoms with E-state index in [-0.39, 0.29) is 0 Å². The molecule has 2 fully saturated rings. The SMILES string of the molecule is CCC12CCC(CN(C=O)C1)C2. The van der Waals surface area contributed by atoms with Gasteiger partial charge in [0.05, 0.1) is 0 Å². The molecule has 12 heavy (non-hydrogen) atoms. The molecular formula is C10H17NO. The van der Waals surface area contributed by atoms with E-state index in [1.807, 2.05) is 4.90 Å². The van der Waals surface area contributed by atoms with Crippen molar-refractivity contribution in [2.75, 3.05) is 13.1 Å². The largest absolute Gasteiger partial charge is 0.344 e. The van der Waals surface area contributed by atoms with Crippen LogP contribution < -0.4 is 0 Å². The van der Waals surface area contributed by atoms with E-state index >= 15 is 0 Å². The number of piperidine rings is 1. The summed E-state index contributed by atoms with van der Waals surface area (Å²) < 4.78 is 0. The zero-order valence-electron chi connectivity index (χ0n) is 7.75. The lowest BCUT2D eigenvalue weighted by Gasteiger charge is -2.37. The van der Waals surface area contributed by atoms with E-state index in [2.05, 4.69) is 6.92 Å². The molecule has 0 aromatic carbocycles. The van der Waals surface area contributed by atoms with Crippen molar-refractivity contribution in [3.8, 4) is 0 Å². The summed E-state index contributed by atoms with van der Waals surface area (Å²) in [5.74, 6) is 0.809. The van der Waals surface area contributed by atoms with E-state index in [0.717, 1.165) is 25.4 Å². The van der Waals surface area contributed by atoms with Crippen LogP contribution in [0.4, 0.5) is 0 Å². The highest BCUT2D eigenvalue weighted by Crippen LogP contribution is 2.47. The van der Waals surface area contributed by atoms with Gasteiger partial charge in [-0.1, -0.05) is 6.92 Å². The summed E-state index contributed by atoms with van der Waals surface area (Å²) in [6.45, 7) is 4.30. The molecule has 2 nitrogen and oxygen atoms in total. The van der Waals surface area contributed by atoms with Crippen molar-refractivity contribution in [1.29, 1.82) is 0 Å². The maximum Gasteiger partial charge on any atom is 0.209 e. The first-order valence-electron chi connectivity index (χ1n) is 4.97. The molecule has 1 aliphatic heterocycles. The molecule has 0 radical (unpaired) electrons. The van der Waals surface area contributed by atoms with Gasteiger partial charge in [-0.05, 0) is 37.0 Å². The minimum atomic E-state index is 0.504. The van der Waals surface area contributed by atoms with Gasteiger partial charge in [0, 0.05) is 13.1 Å². The van der Waals surface area contributed by atoms with Crippen LogP contribution in [0.15, 0.2) is 0 Å². The molecule has 2 bridgehead atoms. The molecule has 68 valence electrons. The summed E-state index contributed by atoms with van der Waals surface area (Å²) in [6, 6.07) is 0. The van der Waals surface area contributed by atoms with Crippen LogP contribution in [-0.2, 0) is 4.79 Å². The molecular weight excluding hydrogens is 150 g/mol. The Labute approximate surface area is 73.9 Å². The molecule has 0 spiro atoms. The van der Waals surface area contributed by atoms with Crippen LogP contribution in [0.1, 0.15) is 32.6 Å². The third-order valence-electron chi connectivity index (χ3n) is 3.73. The highest BCUT2D eigenvalue weighted by molar-refractivity contribution is 5.47. The third kappa shape index (κ3) is 1.13. The van der Waals surface area contributed by atoms with Gasteiger partial charge >= 0.3 is 0 Å². The second kappa shape index (κ2) is 2.75. The fourth-order valence-corrected chi connectivity index (χ4v) is 2.97. The lowest BCUT2D eigenvalue weighted by molar-refractivity contribution is -0.121. The van der Waals surface area contributed by atoms with Crippen molar-refractivity contribution >= 4 is 6.41 Å².